The van der Waals surface area contributed by atoms with Crippen LogP contribution < -0.4 is 20.8 Å². The van der Waals surface area contributed by atoms with Crippen LogP contribution in [-0.4, -0.2) is 17.1 Å². The molecule has 2 aromatic rings. The van der Waals surface area contributed by atoms with E-state index in [1.165, 1.54) is 25.6 Å². The molecule has 0 saturated carbocycles. The molecule has 0 aliphatic rings. The monoisotopic (exact) mass is 305 g/mol. The first kappa shape index (κ1) is 17.1. The van der Waals surface area contributed by atoms with Gasteiger partial charge in [-0.2, -0.15) is 16.1 Å². The number of rotatable bonds is 4. The summed E-state index contributed by atoms with van der Waals surface area (Å²) in [6.45, 7) is 4.00. The molecule has 3 N–H and O–H groups in total. The fourth-order valence-electron chi connectivity index (χ4n) is 1.53. The fourth-order valence-corrected chi connectivity index (χ4v) is 1.53. The molecular formula is C14H16FN5O2. The lowest BCUT2D eigenvalue weighted by atomic mass is 10.2. The lowest BCUT2D eigenvalue weighted by Gasteiger charge is -2.12. The van der Waals surface area contributed by atoms with Gasteiger partial charge in [0.15, 0.2) is 5.82 Å². The maximum atomic E-state index is 13.8. The molecule has 0 aliphatic heterocycles. The maximum absolute atomic E-state index is 13.8. The van der Waals surface area contributed by atoms with Gasteiger partial charge in [0.05, 0.1) is 24.4 Å². The molecule has 1 heterocycles. The van der Waals surface area contributed by atoms with Crippen molar-refractivity contribution in [2.45, 2.75) is 13.8 Å². The first-order chi connectivity index (χ1) is 10.7. The highest BCUT2D eigenvalue weighted by Crippen LogP contribution is 2.32. The number of nitrogens with one attached hydrogen (secondary N) is 1. The van der Waals surface area contributed by atoms with Gasteiger partial charge in [-0.25, -0.2) is 9.37 Å². The van der Waals surface area contributed by atoms with Gasteiger partial charge in [-0.05, 0) is 18.2 Å². The van der Waals surface area contributed by atoms with Gasteiger partial charge in [-0.1, -0.05) is 13.8 Å². The maximum Gasteiger partial charge on any atom is 0.285 e. The molecule has 0 fully saturated rings. The van der Waals surface area contributed by atoms with E-state index >= 15 is 0 Å². The average molecular weight is 305 g/mol. The Morgan fingerprint density at radius 1 is 1.32 bits per heavy atom. The summed E-state index contributed by atoms with van der Waals surface area (Å²) in [6.07, 6.45) is 1.19. The van der Waals surface area contributed by atoms with E-state index in [9.17, 15) is 4.39 Å². The van der Waals surface area contributed by atoms with Gasteiger partial charge in [0.1, 0.15) is 12.1 Å². The van der Waals surface area contributed by atoms with Crippen LogP contribution in [0, 0.1) is 17.1 Å². The minimum absolute atomic E-state index is 0.0130. The summed E-state index contributed by atoms with van der Waals surface area (Å²) in [7, 11) is 1.38. The van der Waals surface area contributed by atoms with Crippen LogP contribution in [0.4, 0.5) is 15.9 Å². The molecule has 1 aromatic heterocycles. The molecule has 0 saturated heterocycles. The molecule has 0 spiro atoms. The molecule has 2 rings (SSSR count). The number of nitrogens with two attached hydrogens (primary N) is 1. The second kappa shape index (κ2) is 8.39. The van der Waals surface area contributed by atoms with Crippen molar-refractivity contribution >= 4 is 11.5 Å². The second-order valence-electron chi connectivity index (χ2n) is 3.61. The average Bonchev–Trinajstić information content (AvgIpc) is 2.58. The Labute approximate surface area is 127 Å². The van der Waals surface area contributed by atoms with Gasteiger partial charge >= 0.3 is 0 Å². The van der Waals surface area contributed by atoms with Crippen molar-refractivity contribution in [3.63, 3.8) is 0 Å². The summed E-state index contributed by atoms with van der Waals surface area (Å²) >= 11 is 0. The molecule has 116 valence electrons. The van der Waals surface area contributed by atoms with Crippen LogP contribution in [0.1, 0.15) is 19.4 Å². The molecule has 22 heavy (non-hydrogen) atoms. The Bertz CT molecular complexity index is 673. The Kier molecular flexibility index (Phi) is 6.53. The highest BCUT2D eigenvalue weighted by atomic mass is 19.1. The van der Waals surface area contributed by atoms with E-state index in [1.807, 2.05) is 19.9 Å². The third kappa shape index (κ3) is 3.80. The first-order valence-corrected chi connectivity index (χ1v) is 6.42. The third-order valence-electron chi connectivity index (χ3n) is 2.44. The minimum Gasteiger partial charge on any atom is -0.489 e. The van der Waals surface area contributed by atoms with Crippen LogP contribution in [0.2, 0.25) is 0 Å². The highest BCUT2D eigenvalue weighted by Gasteiger charge is 2.14. The van der Waals surface area contributed by atoms with Crippen molar-refractivity contribution in [2.75, 3.05) is 12.4 Å². The molecule has 0 atom stereocenters. The van der Waals surface area contributed by atoms with E-state index in [1.54, 1.807) is 0 Å². The van der Waals surface area contributed by atoms with Gasteiger partial charge < -0.3 is 14.9 Å². The fraction of sp³-hybridized carbons (Fsp3) is 0.214. The SMILES string of the molecule is CC.COc1c(Nc2ccc(C#N)cc2F)ncnc1ON. The topological polar surface area (TPSA) is 106 Å². The number of ether oxygens (including phenoxy) is 1. The summed E-state index contributed by atoms with van der Waals surface area (Å²) in [5, 5.41) is 11.4. The van der Waals surface area contributed by atoms with Crippen molar-refractivity contribution < 1.29 is 14.0 Å². The van der Waals surface area contributed by atoms with Crippen LogP contribution in [-0.2, 0) is 0 Å². The predicted octanol–water partition coefficient (Wildman–Crippen LogP) is 2.52. The van der Waals surface area contributed by atoms with E-state index in [-0.39, 0.29) is 28.7 Å². The molecular weight excluding hydrogens is 289 g/mol. The molecule has 0 unspecified atom stereocenters. The molecule has 0 aliphatic carbocycles. The zero-order valence-electron chi connectivity index (χ0n) is 12.4. The number of methoxy groups -OCH3 is 1. The number of hydrogen-bond acceptors (Lipinski definition) is 7. The van der Waals surface area contributed by atoms with Gasteiger partial charge in [-0.3, -0.25) is 0 Å². The molecule has 1 aromatic carbocycles. The standard InChI is InChI=1S/C12H10FN5O2.C2H6/c1-19-10-11(16-6-17-12(10)20-15)18-9-3-2-7(5-14)4-8(9)13;1-2/h2-4,6H,15H2,1H3,(H,16,17,18);1-2H3. The Balaban J connectivity index is 0.00000116. The van der Waals surface area contributed by atoms with Gasteiger partial charge in [0.25, 0.3) is 5.88 Å². The number of anilines is 2. The van der Waals surface area contributed by atoms with Crippen molar-refractivity contribution in [1.29, 1.82) is 5.26 Å². The number of benzene rings is 1. The normalized spacial score (nSPS) is 9.09. The van der Waals surface area contributed by atoms with Crippen LogP contribution in [0.25, 0.3) is 0 Å². The van der Waals surface area contributed by atoms with Crippen molar-refractivity contribution in [3.05, 3.63) is 35.9 Å². The summed E-state index contributed by atoms with van der Waals surface area (Å²) in [5.74, 6) is 4.79. The van der Waals surface area contributed by atoms with Gasteiger partial charge in [-0.15, -0.1) is 0 Å². The van der Waals surface area contributed by atoms with E-state index < -0.39 is 5.82 Å². The predicted molar refractivity (Wildman–Crippen MR) is 79.1 cm³/mol. The molecule has 0 bridgehead atoms. The van der Waals surface area contributed by atoms with E-state index in [0.717, 1.165) is 6.07 Å². The number of aromatic nitrogens is 2. The Morgan fingerprint density at radius 3 is 2.59 bits per heavy atom. The summed E-state index contributed by atoms with van der Waals surface area (Å²) in [6, 6.07) is 5.84. The molecule has 0 radical (unpaired) electrons. The first-order valence-electron chi connectivity index (χ1n) is 6.42. The molecule has 8 heteroatoms. The highest BCUT2D eigenvalue weighted by molar-refractivity contribution is 5.65. The Morgan fingerprint density at radius 2 is 2.05 bits per heavy atom. The smallest absolute Gasteiger partial charge is 0.285 e. The quantitative estimate of drug-likeness (QED) is 0.836. The van der Waals surface area contributed by atoms with E-state index in [2.05, 4.69) is 20.1 Å². The summed E-state index contributed by atoms with van der Waals surface area (Å²) < 4.78 is 18.8. The van der Waals surface area contributed by atoms with Crippen molar-refractivity contribution in [3.8, 4) is 17.7 Å². The van der Waals surface area contributed by atoms with Crippen LogP contribution in [0.5, 0.6) is 11.6 Å². The lowest BCUT2D eigenvalue weighted by molar-refractivity contribution is 0.292. The van der Waals surface area contributed by atoms with Crippen molar-refractivity contribution in [1.82, 2.24) is 9.97 Å². The Hall–Kier alpha value is -2.92. The lowest BCUT2D eigenvalue weighted by Crippen LogP contribution is -2.08. The minimum atomic E-state index is -0.597. The van der Waals surface area contributed by atoms with E-state index in [0.29, 0.717) is 0 Å². The largest absolute Gasteiger partial charge is 0.489 e. The summed E-state index contributed by atoms with van der Waals surface area (Å²) in [5.41, 5.74) is 0.345. The van der Waals surface area contributed by atoms with Crippen LogP contribution >= 0.6 is 0 Å². The van der Waals surface area contributed by atoms with Crippen molar-refractivity contribution in [2.24, 2.45) is 5.90 Å². The van der Waals surface area contributed by atoms with E-state index in [4.69, 9.17) is 15.9 Å². The zero-order chi connectivity index (χ0) is 16.5. The van der Waals surface area contributed by atoms with Gasteiger partial charge in [0, 0.05) is 0 Å². The van der Waals surface area contributed by atoms with Gasteiger partial charge in [0.2, 0.25) is 5.75 Å². The molecule has 7 nitrogen and oxygen atoms in total. The summed E-state index contributed by atoms with van der Waals surface area (Å²) in [4.78, 5) is 12.2. The van der Waals surface area contributed by atoms with Crippen LogP contribution in [0.15, 0.2) is 24.5 Å². The zero-order valence-corrected chi connectivity index (χ0v) is 12.4. The second-order valence-corrected chi connectivity index (χ2v) is 3.61. The molecule has 0 amide bonds. The number of nitrogens with zero attached hydrogens (tertiary/aromatic N) is 3. The number of halogens is 1. The third-order valence-corrected chi connectivity index (χ3v) is 2.44. The van der Waals surface area contributed by atoms with Crippen LogP contribution in [0.3, 0.4) is 0 Å². The number of nitriles is 1. The number of hydrogen-bond donors (Lipinski definition) is 2.